The predicted octanol–water partition coefficient (Wildman–Crippen LogP) is 0.504. The first-order chi connectivity index (χ1) is 11.8. The minimum atomic E-state index is -4.43. The number of halogens is 3. The van der Waals surface area contributed by atoms with Gasteiger partial charge in [0.05, 0.1) is 24.6 Å². The minimum Gasteiger partial charge on any atom is -0.395 e. The van der Waals surface area contributed by atoms with Gasteiger partial charge in [0.1, 0.15) is 0 Å². The number of aliphatic hydroxyl groups excluding tert-OH is 1. The van der Waals surface area contributed by atoms with Crippen molar-refractivity contribution in [3.05, 3.63) is 35.4 Å². The summed E-state index contributed by atoms with van der Waals surface area (Å²) >= 11 is 0. The van der Waals surface area contributed by atoms with Crippen molar-refractivity contribution < 1.29 is 27.9 Å². The molecule has 1 fully saturated rings. The molecule has 1 saturated heterocycles. The Labute approximate surface area is 143 Å². The van der Waals surface area contributed by atoms with Crippen LogP contribution in [0.25, 0.3) is 0 Å². The summed E-state index contributed by atoms with van der Waals surface area (Å²) in [5, 5.41) is 13.8. The van der Waals surface area contributed by atoms with Gasteiger partial charge in [-0.3, -0.25) is 14.5 Å². The van der Waals surface area contributed by atoms with Crippen molar-refractivity contribution >= 4 is 11.8 Å². The lowest BCUT2D eigenvalue weighted by Gasteiger charge is -2.34. The zero-order chi connectivity index (χ0) is 18.4. The summed E-state index contributed by atoms with van der Waals surface area (Å²) in [5.41, 5.74) is -0.325. The van der Waals surface area contributed by atoms with Crippen LogP contribution in [0.5, 0.6) is 0 Å². The summed E-state index contributed by atoms with van der Waals surface area (Å²) in [6, 6.07) is 4.17. The van der Waals surface area contributed by atoms with Gasteiger partial charge >= 0.3 is 6.18 Å². The van der Waals surface area contributed by atoms with Gasteiger partial charge in [0, 0.05) is 26.2 Å². The number of carbonyl (C=O) groups excluding carboxylic acids is 2. The van der Waals surface area contributed by atoms with Crippen molar-refractivity contribution in [2.24, 2.45) is 0 Å². The third-order valence-electron chi connectivity index (χ3n) is 3.89. The highest BCUT2D eigenvalue weighted by Gasteiger charge is 2.33. The molecule has 0 spiro atoms. The van der Waals surface area contributed by atoms with Gasteiger partial charge in [-0.25, -0.2) is 0 Å². The van der Waals surface area contributed by atoms with Crippen molar-refractivity contribution in [2.45, 2.75) is 25.2 Å². The fraction of sp³-hybridized carbons (Fsp3) is 0.500. The molecular formula is C16H20F3N3O3. The molecule has 25 heavy (non-hydrogen) atoms. The van der Waals surface area contributed by atoms with Crippen molar-refractivity contribution in [1.29, 1.82) is 0 Å². The predicted molar refractivity (Wildman–Crippen MR) is 83.4 cm³/mol. The second-order valence-electron chi connectivity index (χ2n) is 5.75. The third-order valence-corrected chi connectivity index (χ3v) is 3.89. The normalized spacial score (nSPS) is 18.7. The van der Waals surface area contributed by atoms with Gasteiger partial charge in [-0.15, -0.1) is 0 Å². The Balaban J connectivity index is 2.10. The molecule has 2 rings (SSSR count). The number of nitrogens with one attached hydrogen (secondary N) is 2. The topological polar surface area (TPSA) is 81.7 Å². The van der Waals surface area contributed by atoms with E-state index in [4.69, 9.17) is 5.11 Å². The maximum atomic E-state index is 12.8. The maximum Gasteiger partial charge on any atom is 0.416 e. The van der Waals surface area contributed by atoms with Crippen molar-refractivity contribution in [2.75, 3.05) is 26.2 Å². The molecule has 138 valence electrons. The van der Waals surface area contributed by atoms with Crippen LogP contribution in [0.3, 0.4) is 0 Å². The van der Waals surface area contributed by atoms with E-state index < -0.39 is 23.7 Å². The Hall–Kier alpha value is -2.13. The minimum absolute atomic E-state index is 0.0841. The fourth-order valence-electron chi connectivity index (χ4n) is 2.70. The largest absolute Gasteiger partial charge is 0.416 e. The number of rotatable bonds is 6. The van der Waals surface area contributed by atoms with Crippen molar-refractivity contribution in [3.8, 4) is 0 Å². The summed E-state index contributed by atoms with van der Waals surface area (Å²) < 4.78 is 38.5. The summed E-state index contributed by atoms with van der Waals surface area (Å²) in [6.07, 6.45) is -4.55. The molecule has 1 aliphatic heterocycles. The fourth-order valence-corrected chi connectivity index (χ4v) is 2.70. The van der Waals surface area contributed by atoms with Crippen molar-refractivity contribution in [3.63, 3.8) is 0 Å². The van der Waals surface area contributed by atoms with Gasteiger partial charge < -0.3 is 15.7 Å². The number of hydrogen-bond donors (Lipinski definition) is 3. The molecule has 3 N–H and O–H groups in total. The average molecular weight is 359 g/mol. The van der Waals surface area contributed by atoms with E-state index in [-0.39, 0.29) is 32.0 Å². The number of alkyl halides is 3. The zero-order valence-corrected chi connectivity index (χ0v) is 13.5. The van der Waals surface area contributed by atoms with E-state index in [1.807, 2.05) is 0 Å². The number of benzene rings is 1. The molecule has 1 heterocycles. The number of hydrogen-bond acceptors (Lipinski definition) is 4. The van der Waals surface area contributed by atoms with E-state index in [0.29, 0.717) is 18.7 Å². The Morgan fingerprint density at radius 2 is 2.16 bits per heavy atom. The second-order valence-corrected chi connectivity index (χ2v) is 5.75. The Bertz CT molecular complexity index is 622. The van der Waals surface area contributed by atoms with Gasteiger partial charge in [-0.2, -0.15) is 13.2 Å². The van der Waals surface area contributed by atoms with Crippen LogP contribution in [0.2, 0.25) is 0 Å². The summed E-state index contributed by atoms with van der Waals surface area (Å²) in [4.78, 5) is 25.6. The quantitative estimate of drug-likeness (QED) is 0.691. The molecule has 9 heteroatoms. The Morgan fingerprint density at radius 1 is 1.40 bits per heavy atom. The van der Waals surface area contributed by atoms with E-state index in [1.165, 1.54) is 6.07 Å². The van der Waals surface area contributed by atoms with Gasteiger partial charge in [-0.05, 0) is 11.6 Å². The molecule has 0 radical (unpaired) electrons. The smallest absolute Gasteiger partial charge is 0.395 e. The van der Waals surface area contributed by atoms with Crippen LogP contribution in [-0.2, 0) is 22.3 Å². The first-order valence-electron chi connectivity index (χ1n) is 7.86. The molecule has 6 nitrogen and oxygen atoms in total. The first kappa shape index (κ1) is 19.2. The third kappa shape index (κ3) is 5.43. The van der Waals surface area contributed by atoms with Crippen LogP contribution >= 0.6 is 0 Å². The lowest BCUT2D eigenvalue weighted by atomic mass is 10.1. The van der Waals surface area contributed by atoms with Crippen molar-refractivity contribution in [1.82, 2.24) is 15.5 Å². The monoisotopic (exact) mass is 359 g/mol. The lowest BCUT2D eigenvalue weighted by molar-refractivity contribution is -0.137. The van der Waals surface area contributed by atoms with Gasteiger partial charge in [-0.1, -0.05) is 18.2 Å². The van der Waals surface area contributed by atoms with E-state index in [0.717, 1.165) is 12.1 Å². The SMILES string of the molecule is O=C(CC1C(=O)NCCN1Cc1cccc(C(F)(F)F)c1)NCCO. The first-order valence-corrected chi connectivity index (χ1v) is 7.86. The molecule has 1 atom stereocenters. The van der Waals surface area contributed by atoms with E-state index in [1.54, 1.807) is 11.0 Å². The average Bonchev–Trinajstić information content (AvgIpc) is 2.55. The van der Waals surface area contributed by atoms with Crippen LogP contribution < -0.4 is 10.6 Å². The van der Waals surface area contributed by atoms with E-state index in [9.17, 15) is 22.8 Å². The highest BCUT2D eigenvalue weighted by molar-refractivity contribution is 5.88. The van der Waals surface area contributed by atoms with Crippen LogP contribution in [-0.4, -0.2) is 54.1 Å². The standard InChI is InChI=1S/C16H20F3N3O3/c17-16(18,19)12-3-1-2-11(8-12)10-22-6-4-21-15(25)13(22)9-14(24)20-5-7-23/h1-3,8,13,23H,4-7,9-10H2,(H,20,24)(H,21,25). The number of nitrogens with zero attached hydrogens (tertiary/aromatic N) is 1. The molecule has 1 aliphatic rings. The molecular weight excluding hydrogens is 339 g/mol. The molecule has 0 aromatic heterocycles. The summed E-state index contributed by atoms with van der Waals surface area (Å²) in [7, 11) is 0. The maximum absolute atomic E-state index is 12.8. The molecule has 1 aromatic rings. The number of carbonyl (C=O) groups is 2. The number of amides is 2. The number of aliphatic hydroxyl groups is 1. The van der Waals surface area contributed by atoms with Gasteiger partial charge in [0.25, 0.3) is 0 Å². The summed E-state index contributed by atoms with van der Waals surface area (Å²) in [6.45, 7) is 0.805. The Kier molecular flexibility index (Phi) is 6.38. The van der Waals surface area contributed by atoms with Crippen LogP contribution in [0.15, 0.2) is 24.3 Å². The molecule has 1 unspecified atom stereocenters. The van der Waals surface area contributed by atoms with Crippen LogP contribution in [0.4, 0.5) is 13.2 Å². The van der Waals surface area contributed by atoms with Crippen LogP contribution in [0, 0.1) is 0 Å². The van der Waals surface area contributed by atoms with Gasteiger partial charge in [0.2, 0.25) is 11.8 Å². The second kappa shape index (κ2) is 8.30. The van der Waals surface area contributed by atoms with E-state index >= 15 is 0 Å². The highest BCUT2D eigenvalue weighted by Crippen LogP contribution is 2.30. The summed E-state index contributed by atoms with van der Waals surface area (Å²) in [5.74, 6) is -0.734. The van der Waals surface area contributed by atoms with E-state index in [2.05, 4.69) is 10.6 Å². The highest BCUT2D eigenvalue weighted by atomic mass is 19.4. The zero-order valence-electron chi connectivity index (χ0n) is 13.5. The van der Waals surface area contributed by atoms with Crippen LogP contribution in [0.1, 0.15) is 17.5 Å². The molecule has 2 amide bonds. The molecule has 1 aromatic carbocycles. The Morgan fingerprint density at radius 3 is 2.84 bits per heavy atom. The molecule has 0 aliphatic carbocycles. The molecule has 0 saturated carbocycles. The lowest BCUT2D eigenvalue weighted by Crippen LogP contribution is -2.56. The number of piperazine rings is 1. The van der Waals surface area contributed by atoms with Gasteiger partial charge in [0.15, 0.2) is 0 Å². The molecule has 0 bridgehead atoms.